The Bertz CT molecular complexity index is 242. The van der Waals surface area contributed by atoms with Crippen molar-refractivity contribution < 1.29 is 14.3 Å². The van der Waals surface area contributed by atoms with Crippen LogP contribution in [0.25, 0.3) is 0 Å². The van der Waals surface area contributed by atoms with Gasteiger partial charge in [-0.15, -0.1) is 0 Å². The minimum absolute atomic E-state index is 0.0369. The summed E-state index contributed by atoms with van der Waals surface area (Å²) >= 11 is 0. The highest BCUT2D eigenvalue weighted by molar-refractivity contribution is 5.84. The Morgan fingerprint density at radius 3 is 2.64 bits per heavy atom. The summed E-state index contributed by atoms with van der Waals surface area (Å²) in [5, 5.41) is 3.03. The first-order chi connectivity index (χ1) is 6.60. The van der Waals surface area contributed by atoms with Gasteiger partial charge in [-0.2, -0.15) is 0 Å². The number of esters is 1. The molecule has 5 heteroatoms. The molecule has 0 radical (unpaired) electrons. The lowest BCUT2D eigenvalue weighted by Crippen LogP contribution is -2.41. The van der Waals surface area contributed by atoms with E-state index in [0.29, 0.717) is 13.0 Å². The Hall–Kier alpha value is -0.940. The summed E-state index contributed by atoms with van der Waals surface area (Å²) in [5.74, 6) is -0.551. The fourth-order valence-electron chi connectivity index (χ4n) is 1.79. The normalized spacial score (nSPS) is 31.5. The lowest BCUT2D eigenvalue weighted by Gasteiger charge is -2.14. The summed E-state index contributed by atoms with van der Waals surface area (Å²) < 4.78 is 4.65. The van der Waals surface area contributed by atoms with Gasteiger partial charge in [0.1, 0.15) is 5.78 Å². The number of carbonyl (C=O) groups is 2. The molecule has 3 N–H and O–H groups in total. The minimum atomic E-state index is -0.295. The zero-order valence-corrected chi connectivity index (χ0v) is 8.45. The molecule has 1 rings (SSSR count). The van der Waals surface area contributed by atoms with E-state index in [2.05, 4.69) is 10.1 Å². The fraction of sp³-hybridized carbons (Fsp3) is 0.778. The molecular weight excluding hydrogens is 184 g/mol. The van der Waals surface area contributed by atoms with E-state index < -0.39 is 0 Å². The Labute approximate surface area is 83.0 Å². The molecule has 80 valence electrons. The van der Waals surface area contributed by atoms with Crippen LogP contribution in [0, 0.1) is 5.92 Å². The molecule has 0 amide bonds. The quantitative estimate of drug-likeness (QED) is 0.574. The standard InChI is InChI=1S/C9H16N2O3/c1-5(12)7-3-6(9(13)14-2)8(4-10)11-7/h6-8,11H,3-4,10H2,1-2H3. The van der Waals surface area contributed by atoms with E-state index in [1.54, 1.807) is 0 Å². The highest BCUT2D eigenvalue weighted by Gasteiger charge is 2.39. The number of Topliss-reactive ketones (excluding diaryl/α,β-unsaturated/α-hetero) is 1. The van der Waals surface area contributed by atoms with Crippen LogP contribution in [0.15, 0.2) is 0 Å². The van der Waals surface area contributed by atoms with Gasteiger partial charge in [0.2, 0.25) is 0 Å². The number of methoxy groups -OCH3 is 1. The molecule has 0 aromatic rings. The number of ketones is 1. The first-order valence-corrected chi connectivity index (χ1v) is 4.64. The minimum Gasteiger partial charge on any atom is -0.469 e. The van der Waals surface area contributed by atoms with Crippen LogP contribution in [0.1, 0.15) is 13.3 Å². The molecule has 1 saturated heterocycles. The first-order valence-electron chi connectivity index (χ1n) is 4.64. The third-order valence-corrected chi connectivity index (χ3v) is 2.64. The van der Waals surface area contributed by atoms with Gasteiger partial charge in [-0.1, -0.05) is 0 Å². The van der Waals surface area contributed by atoms with Crippen molar-refractivity contribution in [3.05, 3.63) is 0 Å². The number of nitrogens with one attached hydrogen (secondary N) is 1. The maximum absolute atomic E-state index is 11.3. The van der Waals surface area contributed by atoms with Crippen molar-refractivity contribution in [2.24, 2.45) is 11.7 Å². The molecule has 0 bridgehead atoms. The lowest BCUT2D eigenvalue weighted by atomic mass is 9.98. The van der Waals surface area contributed by atoms with E-state index in [1.807, 2.05) is 0 Å². The largest absolute Gasteiger partial charge is 0.469 e. The van der Waals surface area contributed by atoms with E-state index in [4.69, 9.17) is 5.73 Å². The van der Waals surface area contributed by atoms with Crippen LogP contribution in [0.4, 0.5) is 0 Å². The molecule has 0 aromatic carbocycles. The van der Waals surface area contributed by atoms with Crippen LogP contribution in [0.5, 0.6) is 0 Å². The van der Waals surface area contributed by atoms with E-state index >= 15 is 0 Å². The van der Waals surface area contributed by atoms with Crippen molar-refractivity contribution in [3.8, 4) is 0 Å². The van der Waals surface area contributed by atoms with Crippen LogP contribution in [0.3, 0.4) is 0 Å². The van der Waals surface area contributed by atoms with E-state index in [1.165, 1.54) is 14.0 Å². The molecular formula is C9H16N2O3. The van der Waals surface area contributed by atoms with Gasteiger partial charge in [-0.05, 0) is 13.3 Å². The summed E-state index contributed by atoms with van der Waals surface area (Å²) in [6, 6.07) is -0.399. The molecule has 5 nitrogen and oxygen atoms in total. The van der Waals surface area contributed by atoms with E-state index in [9.17, 15) is 9.59 Å². The molecule has 0 spiro atoms. The third kappa shape index (κ3) is 2.10. The monoisotopic (exact) mass is 200 g/mol. The molecule has 1 aliphatic rings. The van der Waals surface area contributed by atoms with E-state index in [-0.39, 0.29) is 29.8 Å². The van der Waals surface area contributed by atoms with Crippen LogP contribution in [0.2, 0.25) is 0 Å². The molecule has 1 aliphatic heterocycles. The second-order valence-corrected chi connectivity index (χ2v) is 3.54. The number of ether oxygens (including phenoxy) is 1. The Balaban J connectivity index is 2.67. The second-order valence-electron chi connectivity index (χ2n) is 3.54. The van der Waals surface area contributed by atoms with Gasteiger partial charge >= 0.3 is 5.97 Å². The molecule has 14 heavy (non-hydrogen) atoms. The molecule has 3 atom stereocenters. The molecule has 0 aromatic heterocycles. The summed E-state index contributed by atoms with van der Waals surface area (Å²) in [6.45, 7) is 1.84. The number of hydrogen-bond acceptors (Lipinski definition) is 5. The van der Waals surface area contributed by atoms with Crippen LogP contribution < -0.4 is 11.1 Å². The molecule has 3 unspecified atom stereocenters. The van der Waals surface area contributed by atoms with Gasteiger partial charge in [0.15, 0.2) is 0 Å². The third-order valence-electron chi connectivity index (χ3n) is 2.64. The highest BCUT2D eigenvalue weighted by atomic mass is 16.5. The van der Waals surface area contributed by atoms with Crippen molar-refractivity contribution in [1.82, 2.24) is 5.32 Å². The van der Waals surface area contributed by atoms with Crippen LogP contribution in [-0.2, 0) is 14.3 Å². The zero-order chi connectivity index (χ0) is 10.7. The molecule has 0 aliphatic carbocycles. The maximum atomic E-state index is 11.3. The summed E-state index contributed by atoms with van der Waals surface area (Å²) in [5.41, 5.74) is 5.50. The fourth-order valence-corrected chi connectivity index (χ4v) is 1.79. The number of carbonyl (C=O) groups excluding carboxylic acids is 2. The average molecular weight is 200 g/mol. The molecule has 0 saturated carbocycles. The average Bonchev–Trinajstić information content (AvgIpc) is 2.60. The van der Waals surface area contributed by atoms with Crippen LogP contribution in [-0.4, -0.2) is 37.5 Å². The van der Waals surface area contributed by atoms with Gasteiger partial charge in [0.05, 0.1) is 19.1 Å². The topological polar surface area (TPSA) is 81.4 Å². The van der Waals surface area contributed by atoms with Gasteiger partial charge in [-0.3, -0.25) is 9.59 Å². The summed E-state index contributed by atoms with van der Waals surface area (Å²) in [7, 11) is 1.34. The highest BCUT2D eigenvalue weighted by Crippen LogP contribution is 2.21. The number of hydrogen-bond donors (Lipinski definition) is 2. The SMILES string of the molecule is COC(=O)C1CC(C(C)=O)NC1CN. The molecule has 1 fully saturated rings. The summed E-state index contributed by atoms with van der Waals surface area (Å²) in [6.07, 6.45) is 0.490. The Morgan fingerprint density at radius 2 is 2.21 bits per heavy atom. The number of nitrogens with two attached hydrogens (primary N) is 1. The van der Waals surface area contributed by atoms with Gasteiger partial charge in [-0.25, -0.2) is 0 Å². The van der Waals surface area contributed by atoms with Crippen molar-refractivity contribution in [1.29, 1.82) is 0 Å². The zero-order valence-electron chi connectivity index (χ0n) is 8.45. The predicted octanol–water partition coefficient (Wildman–Crippen LogP) is -0.946. The molecule has 1 heterocycles. The Morgan fingerprint density at radius 1 is 1.57 bits per heavy atom. The lowest BCUT2D eigenvalue weighted by molar-refractivity contribution is -0.145. The van der Waals surface area contributed by atoms with Gasteiger partial charge < -0.3 is 15.8 Å². The van der Waals surface area contributed by atoms with Crippen molar-refractivity contribution in [2.75, 3.05) is 13.7 Å². The predicted molar refractivity (Wildman–Crippen MR) is 50.6 cm³/mol. The second kappa shape index (κ2) is 4.52. The van der Waals surface area contributed by atoms with Crippen molar-refractivity contribution >= 4 is 11.8 Å². The van der Waals surface area contributed by atoms with Crippen molar-refractivity contribution in [3.63, 3.8) is 0 Å². The van der Waals surface area contributed by atoms with E-state index in [0.717, 1.165) is 0 Å². The Kier molecular flexibility index (Phi) is 3.60. The number of rotatable bonds is 3. The maximum Gasteiger partial charge on any atom is 0.310 e. The summed E-state index contributed by atoms with van der Waals surface area (Å²) in [4.78, 5) is 22.4. The smallest absolute Gasteiger partial charge is 0.310 e. The van der Waals surface area contributed by atoms with Crippen LogP contribution >= 0.6 is 0 Å². The first kappa shape index (κ1) is 11.1. The van der Waals surface area contributed by atoms with Gasteiger partial charge in [0.25, 0.3) is 0 Å². The van der Waals surface area contributed by atoms with Crippen molar-refractivity contribution in [2.45, 2.75) is 25.4 Å². The van der Waals surface area contributed by atoms with Gasteiger partial charge in [0, 0.05) is 12.6 Å².